The van der Waals surface area contributed by atoms with Crippen molar-refractivity contribution >= 4 is 44.6 Å². The first kappa shape index (κ1) is 44.6. The molecule has 1 aliphatic rings. The summed E-state index contributed by atoms with van der Waals surface area (Å²) in [7, 11) is 0. The molecule has 10 aromatic rings. The van der Waals surface area contributed by atoms with Crippen LogP contribution in [-0.4, -0.2) is 16.2 Å². The highest BCUT2D eigenvalue weighted by atomic mass is 16.5. The van der Waals surface area contributed by atoms with Gasteiger partial charge >= 0.3 is 0 Å². The van der Waals surface area contributed by atoms with Gasteiger partial charge in [-0.05, 0) is 125 Å². The van der Waals surface area contributed by atoms with Gasteiger partial charge in [-0.2, -0.15) is 0 Å². The van der Waals surface area contributed by atoms with E-state index >= 15 is 0 Å². The van der Waals surface area contributed by atoms with E-state index in [1.807, 2.05) is 6.20 Å². The standard InChI is InChI=1S/C65H60N4O/c1-44-35-60-61(36-45(44)2)68(53-38-50(64(5,6)47-23-14-10-15-24-47)37-51(39-53)65(7,8)48-25-16-11-17-26-48)43-67(60)52-27-20-28-54(41-52)70-55-31-32-57-56-29-18-19-30-58(56)69(59(57)42-55)62-40-49(33-34-66-62)63(3,4)46-21-12-9-13-22-46/h9-42H,43H2,1-8H3. The minimum Gasteiger partial charge on any atom is -0.457 e. The average molecular weight is 913 g/mol. The molecule has 0 aliphatic carbocycles. The number of fused-ring (bicyclic) bond motifs is 4. The van der Waals surface area contributed by atoms with Gasteiger partial charge in [-0.25, -0.2) is 4.98 Å². The normalized spacial score (nSPS) is 13.0. The van der Waals surface area contributed by atoms with Crippen molar-refractivity contribution < 1.29 is 4.74 Å². The number of aryl methyl sites for hydroxylation is 2. The number of hydrogen-bond donors (Lipinski definition) is 0. The first-order chi connectivity index (χ1) is 33.8. The van der Waals surface area contributed by atoms with E-state index in [1.54, 1.807) is 0 Å². The lowest BCUT2D eigenvalue weighted by molar-refractivity contribution is 0.483. The lowest BCUT2D eigenvalue weighted by Gasteiger charge is -2.33. The Morgan fingerprint density at radius 2 is 0.914 bits per heavy atom. The lowest BCUT2D eigenvalue weighted by Crippen LogP contribution is -2.27. The van der Waals surface area contributed by atoms with E-state index in [2.05, 4.69) is 270 Å². The van der Waals surface area contributed by atoms with Crippen molar-refractivity contribution in [3.8, 4) is 17.3 Å². The first-order valence-electron chi connectivity index (χ1n) is 24.5. The molecule has 0 N–H and O–H groups in total. The average Bonchev–Trinajstić information content (AvgIpc) is 3.92. The molecule has 0 unspecified atom stereocenters. The summed E-state index contributed by atoms with van der Waals surface area (Å²) in [6.07, 6.45) is 1.94. The van der Waals surface area contributed by atoms with Crippen LogP contribution in [0.3, 0.4) is 0 Å². The Morgan fingerprint density at radius 3 is 1.51 bits per heavy atom. The first-order valence-corrected chi connectivity index (χ1v) is 24.5. The summed E-state index contributed by atoms with van der Waals surface area (Å²) in [5.74, 6) is 2.40. The molecule has 8 aromatic carbocycles. The smallest absolute Gasteiger partial charge is 0.137 e. The van der Waals surface area contributed by atoms with Gasteiger partial charge in [0.1, 0.15) is 24.0 Å². The van der Waals surface area contributed by atoms with Gasteiger partial charge in [0.25, 0.3) is 0 Å². The van der Waals surface area contributed by atoms with Crippen molar-refractivity contribution in [2.75, 3.05) is 16.5 Å². The third kappa shape index (κ3) is 7.80. The third-order valence-corrected chi connectivity index (χ3v) is 15.3. The van der Waals surface area contributed by atoms with E-state index < -0.39 is 0 Å². The highest BCUT2D eigenvalue weighted by Crippen LogP contribution is 2.49. The number of ether oxygens (including phenoxy) is 1. The molecule has 0 saturated carbocycles. The zero-order valence-corrected chi connectivity index (χ0v) is 41.5. The van der Waals surface area contributed by atoms with Gasteiger partial charge in [0.05, 0.1) is 22.4 Å². The fourth-order valence-corrected chi connectivity index (χ4v) is 10.5. The summed E-state index contributed by atoms with van der Waals surface area (Å²) in [6.45, 7) is 19.0. The number of pyridine rings is 1. The fraction of sp³-hybridized carbons (Fsp3) is 0.185. The van der Waals surface area contributed by atoms with Crippen LogP contribution in [0.1, 0.15) is 86.1 Å². The van der Waals surface area contributed by atoms with E-state index in [9.17, 15) is 0 Å². The minimum atomic E-state index is -0.243. The van der Waals surface area contributed by atoms with Crippen LogP contribution in [0, 0.1) is 13.8 Å². The van der Waals surface area contributed by atoms with Gasteiger partial charge in [-0.1, -0.05) is 163 Å². The third-order valence-electron chi connectivity index (χ3n) is 15.3. The van der Waals surface area contributed by atoms with Crippen LogP contribution in [0.25, 0.3) is 27.6 Å². The molecular formula is C65H60N4O. The monoisotopic (exact) mass is 912 g/mol. The highest BCUT2D eigenvalue weighted by molar-refractivity contribution is 6.09. The summed E-state index contributed by atoms with van der Waals surface area (Å²) >= 11 is 0. The molecule has 2 aromatic heterocycles. The number of rotatable bonds is 11. The zero-order valence-electron chi connectivity index (χ0n) is 41.5. The van der Waals surface area contributed by atoms with Crippen LogP contribution in [-0.2, 0) is 16.2 Å². The second kappa shape index (κ2) is 17.3. The van der Waals surface area contributed by atoms with Crippen molar-refractivity contribution in [3.05, 3.63) is 251 Å². The van der Waals surface area contributed by atoms with Crippen molar-refractivity contribution in [1.29, 1.82) is 0 Å². The Labute approximate surface area is 413 Å². The van der Waals surface area contributed by atoms with E-state index in [1.165, 1.54) is 67.0 Å². The van der Waals surface area contributed by atoms with Gasteiger partial charge in [-0.3, -0.25) is 4.57 Å². The Kier molecular flexibility index (Phi) is 11.0. The molecule has 0 amide bonds. The maximum absolute atomic E-state index is 6.87. The summed E-state index contributed by atoms with van der Waals surface area (Å²) in [5.41, 5.74) is 16.2. The van der Waals surface area contributed by atoms with Crippen LogP contribution in [0.15, 0.2) is 206 Å². The van der Waals surface area contributed by atoms with Crippen LogP contribution in [0.5, 0.6) is 11.5 Å². The minimum absolute atomic E-state index is 0.215. The topological polar surface area (TPSA) is 33.5 Å². The van der Waals surface area contributed by atoms with Crippen molar-refractivity contribution in [3.63, 3.8) is 0 Å². The van der Waals surface area contributed by atoms with Crippen molar-refractivity contribution in [1.82, 2.24) is 9.55 Å². The molecule has 5 nitrogen and oxygen atoms in total. The predicted molar refractivity (Wildman–Crippen MR) is 292 cm³/mol. The van der Waals surface area contributed by atoms with Crippen LogP contribution in [0.2, 0.25) is 0 Å². The van der Waals surface area contributed by atoms with Crippen molar-refractivity contribution in [2.45, 2.75) is 71.6 Å². The maximum atomic E-state index is 6.87. The largest absolute Gasteiger partial charge is 0.457 e. The van der Waals surface area contributed by atoms with E-state index in [0.717, 1.165) is 39.4 Å². The number of nitrogens with zero attached hydrogens (tertiary/aromatic N) is 4. The molecule has 0 atom stereocenters. The van der Waals surface area contributed by atoms with Gasteiger partial charge in [0, 0.05) is 56.7 Å². The van der Waals surface area contributed by atoms with E-state index in [4.69, 9.17) is 9.72 Å². The summed E-state index contributed by atoms with van der Waals surface area (Å²) in [4.78, 5) is 9.92. The second-order valence-corrected chi connectivity index (χ2v) is 20.7. The second-order valence-electron chi connectivity index (χ2n) is 20.7. The molecule has 0 saturated heterocycles. The molecular weight excluding hydrogens is 853 g/mol. The molecule has 11 rings (SSSR count). The Morgan fingerprint density at radius 1 is 0.400 bits per heavy atom. The van der Waals surface area contributed by atoms with Crippen molar-refractivity contribution in [2.24, 2.45) is 0 Å². The summed E-state index contributed by atoms with van der Waals surface area (Å²) in [5, 5.41) is 2.32. The molecule has 0 radical (unpaired) electrons. The molecule has 0 spiro atoms. The molecule has 70 heavy (non-hydrogen) atoms. The number of aromatic nitrogens is 2. The van der Waals surface area contributed by atoms with E-state index in [0.29, 0.717) is 6.67 Å². The van der Waals surface area contributed by atoms with Crippen LogP contribution in [0.4, 0.5) is 22.7 Å². The predicted octanol–water partition coefficient (Wildman–Crippen LogP) is 16.8. The number of anilines is 4. The molecule has 346 valence electrons. The highest BCUT2D eigenvalue weighted by Gasteiger charge is 2.34. The number of benzene rings is 8. The molecule has 1 aliphatic heterocycles. The van der Waals surface area contributed by atoms with Crippen LogP contribution < -0.4 is 14.5 Å². The number of para-hydroxylation sites is 1. The summed E-state index contributed by atoms with van der Waals surface area (Å²) < 4.78 is 9.15. The quantitative estimate of drug-likeness (QED) is 0.129. The number of hydrogen-bond acceptors (Lipinski definition) is 4. The Hall–Kier alpha value is -7.89. The maximum Gasteiger partial charge on any atom is 0.137 e. The van der Waals surface area contributed by atoms with Gasteiger partial charge < -0.3 is 14.5 Å². The molecule has 5 heteroatoms. The van der Waals surface area contributed by atoms with Gasteiger partial charge in [0.15, 0.2) is 0 Å². The molecule has 0 fully saturated rings. The lowest BCUT2D eigenvalue weighted by atomic mass is 9.73. The van der Waals surface area contributed by atoms with Crippen LogP contribution >= 0.6 is 0 Å². The summed E-state index contributed by atoms with van der Waals surface area (Å²) in [6, 6.07) is 72.5. The molecule has 3 heterocycles. The fourth-order valence-electron chi connectivity index (χ4n) is 10.5. The SMILES string of the molecule is Cc1cc2c(cc1C)N(c1cc(C(C)(C)c3ccccc3)cc(C(C)(C)c3ccccc3)c1)CN2c1cccc(Oc2ccc3c4ccccc4n(-c4cc(C(C)(C)c5ccccc5)ccn4)c3c2)c1. The molecule has 0 bridgehead atoms. The Balaban J connectivity index is 0.968. The zero-order chi connectivity index (χ0) is 48.4. The van der Waals surface area contributed by atoms with Gasteiger partial charge in [-0.15, -0.1) is 0 Å². The van der Waals surface area contributed by atoms with E-state index in [-0.39, 0.29) is 16.2 Å². The van der Waals surface area contributed by atoms with Gasteiger partial charge in [0.2, 0.25) is 0 Å². The Bertz CT molecular complexity index is 3480.